The van der Waals surface area contributed by atoms with Gasteiger partial charge in [0.05, 0.1) is 6.54 Å². The number of likely N-dealkylation sites (N-methyl/N-ethyl adjacent to an activating group) is 2. The van der Waals surface area contributed by atoms with Gasteiger partial charge in [-0.15, -0.1) is 0 Å². The van der Waals surface area contributed by atoms with Crippen LogP contribution in [0.5, 0.6) is 0 Å². The van der Waals surface area contributed by atoms with Crippen LogP contribution in [0.4, 0.5) is 5.69 Å². The summed E-state index contributed by atoms with van der Waals surface area (Å²) in [5.41, 5.74) is 2.21. The maximum absolute atomic E-state index is 11.3. The van der Waals surface area contributed by atoms with Crippen molar-refractivity contribution in [3.8, 4) is 0 Å². The van der Waals surface area contributed by atoms with Crippen molar-refractivity contribution in [2.45, 2.75) is 6.54 Å². The average Bonchev–Trinajstić information content (AvgIpc) is 2.31. The molecule has 0 aliphatic heterocycles. The molecule has 2 N–H and O–H groups in total. The van der Waals surface area contributed by atoms with Gasteiger partial charge in [-0.25, -0.2) is 0 Å². The number of rotatable bonds is 5. The van der Waals surface area contributed by atoms with E-state index in [9.17, 15) is 4.79 Å². The van der Waals surface area contributed by atoms with Crippen molar-refractivity contribution in [3.63, 3.8) is 0 Å². The second kappa shape index (κ2) is 6.61. The maximum Gasteiger partial charge on any atom is 0.239 e. The fourth-order valence-corrected chi connectivity index (χ4v) is 2.00. The summed E-state index contributed by atoms with van der Waals surface area (Å²) in [6, 6.07) is 6.09. The second-order valence-electron chi connectivity index (χ2n) is 3.84. The van der Waals surface area contributed by atoms with E-state index in [0.717, 1.165) is 16.7 Å². The Morgan fingerprint density at radius 2 is 2.12 bits per heavy atom. The zero-order chi connectivity index (χ0) is 12.8. The topological polar surface area (TPSA) is 44.4 Å². The van der Waals surface area contributed by atoms with E-state index >= 15 is 0 Å². The monoisotopic (exact) mass is 299 g/mol. The number of amides is 1. The molecule has 0 fully saturated rings. The van der Waals surface area contributed by atoms with E-state index in [1.807, 2.05) is 31.1 Å². The van der Waals surface area contributed by atoms with E-state index < -0.39 is 0 Å². The van der Waals surface area contributed by atoms with E-state index in [2.05, 4.69) is 32.6 Å². The molecule has 0 aliphatic rings. The Bertz CT molecular complexity index is 395. The molecule has 1 aromatic carbocycles. The molecule has 0 saturated heterocycles. The summed E-state index contributed by atoms with van der Waals surface area (Å²) in [6.07, 6.45) is 0. The molecule has 0 atom stereocenters. The van der Waals surface area contributed by atoms with Crippen LogP contribution in [0.15, 0.2) is 22.7 Å². The largest absolute Gasteiger partial charge is 0.365 e. The molecule has 1 aromatic rings. The van der Waals surface area contributed by atoms with E-state index in [4.69, 9.17) is 0 Å². The average molecular weight is 300 g/mol. The first-order valence-corrected chi connectivity index (χ1v) is 6.22. The summed E-state index contributed by atoms with van der Waals surface area (Å²) in [4.78, 5) is 13.2. The lowest BCUT2D eigenvalue weighted by atomic mass is 10.2. The Hall–Kier alpha value is -1.07. The zero-order valence-corrected chi connectivity index (χ0v) is 12.0. The first-order chi connectivity index (χ1) is 8.08. The van der Waals surface area contributed by atoms with Crippen molar-refractivity contribution in [2.24, 2.45) is 0 Å². The molecule has 0 unspecified atom stereocenters. The number of nitrogens with zero attached hydrogens (tertiary/aromatic N) is 1. The van der Waals surface area contributed by atoms with Gasteiger partial charge in [-0.1, -0.05) is 22.0 Å². The number of hydrogen-bond acceptors (Lipinski definition) is 3. The smallest absolute Gasteiger partial charge is 0.239 e. The van der Waals surface area contributed by atoms with Crippen LogP contribution in [0.2, 0.25) is 0 Å². The molecule has 4 nitrogen and oxygen atoms in total. The summed E-state index contributed by atoms with van der Waals surface area (Å²) >= 11 is 3.53. The standard InChI is InChI=1S/C12H18BrN3O/c1-14-7-9-4-5-10(6-11(9)13)16(3)8-12(17)15-2/h4-6,14H,7-8H2,1-3H3,(H,15,17). The fraction of sp³-hybridized carbons (Fsp3) is 0.417. The molecule has 0 saturated carbocycles. The highest BCUT2D eigenvalue weighted by Gasteiger charge is 2.07. The Morgan fingerprint density at radius 1 is 1.41 bits per heavy atom. The molecule has 0 heterocycles. The highest BCUT2D eigenvalue weighted by Crippen LogP contribution is 2.23. The minimum atomic E-state index is 0.00271. The Morgan fingerprint density at radius 3 is 2.65 bits per heavy atom. The van der Waals surface area contributed by atoms with E-state index in [0.29, 0.717) is 6.54 Å². The minimum Gasteiger partial charge on any atom is -0.365 e. The van der Waals surface area contributed by atoms with Crippen molar-refractivity contribution < 1.29 is 4.79 Å². The highest BCUT2D eigenvalue weighted by atomic mass is 79.9. The van der Waals surface area contributed by atoms with Gasteiger partial charge in [-0.2, -0.15) is 0 Å². The van der Waals surface area contributed by atoms with Gasteiger partial charge < -0.3 is 15.5 Å². The lowest BCUT2D eigenvalue weighted by Gasteiger charge is -2.19. The molecule has 0 aromatic heterocycles. The predicted molar refractivity (Wildman–Crippen MR) is 74.2 cm³/mol. The summed E-state index contributed by atoms with van der Waals surface area (Å²) in [6.45, 7) is 1.17. The third-order valence-corrected chi connectivity index (χ3v) is 3.24. The number of carbonyl (C=O) groups excluding carboxylic acids is 1. The molecule has 5 heteroatoms. The van der Waals surface area contributed by atoms with Crippen LogP contribution in [-0.4, -0.2) is 33.6 Å². The van der Waals surface area contributed by atoms with Gasteiger partial charge in [-0.3, -0.25) is 4.79 Å². The van der Waals surface area contributed by atoms with Crippen LogP contribution in [0, 0.1) is 0 Å². The maximum atomic E-state index is 11.3. The highest BCUT2D eigenvalue weighted by molar-refractivity contribution is 9.10. The van der Waals surface area contributed by atoms with Crippen LogP contribution in [0.25, 0.3) is 0 Å². The second-order valence-corrected chi connectivity index (χ2v) is 4.69. The van der Waals surface area contributed by atoms with Crippen LogP contribution in [0.3, 0.4) is 0 Å². The third-order valence-electron chi connectivity index (χ3n) is 2.50. The summed E-state index contributed by atoms with van der Waals surface area (Å²) in [5.74, 6) is 0.00271. The SMILES string of the molecule is CNCc1ccc(N(C)CC(=O)NC)cc1Br. The first kappa shape index (κ1) is 14.0. The molecule has 0 bridgehead atoms. The molecule has 0 aliphatic carbocycles. The molecule has 0 radical (unpaired) electrons. The third kappa shape index (κ3) is 4.02. The number of nitrogens with one attached hydrogen (secondary N) is 2. The number of hydrogen-bond donors (Lipinski definition) is 2. The molecule has 17 heavy (non-hydrogen) atoms. The molecule has 1 rings (SSSR count). The molecular formula is C12H18BrN3O. The van der Waals surface area contributed by atoms with Gasteiger partial charge in [0.1, 0.15) is 0 Å². The number of anilines is 1. The van der Waals surface area contributed by atoms with Gasteiger partial charge in [0.15, 0.2) is 0 Å². The van der Waals surface area contributed by atoms with Crippen molar-refractivity contribution in [2.75, 3.05) is 32.6 Å². The summed E-state index contributed by atoms with van der Waals surface area (Å²) in [5, 5.41) is 5.72. The minimum absolute atomic E-state index is 0.00271. The molecular weight excluding hydrogens is 282 g/mol. The molecule has 1 amide bonds. The number of benzene rings is 1. The Kier molecular flexibility index (Phi) is 5.44. The van der Waals surface area contributed by atoms with Gasteiger partial charge in [0.25, 0.3) is 0 Å². The van der Waals surface area contributed by atoms with Gasteiger partial charge in [0.2, 0.25) is 5.91 Å². The summed E-state index contributed by atoms with van der Waals surface area (Å²) < 4.78 is 1.05. The van der Waals surface area contributed by atoms with E-state index in [1.165, 1.54) is 5.56 Å². The van der Waals surface area contributed by atoms with Crippen LogP contribution in [0.1, 0.15) is 5.56 Å². The van der Waals surface area contributed by atoms with Gasteiger partial charge >= 0.3 is 0 Å². The van der Waals surface area contributed by atoms with Gasteiger partial charge in [-0.05, 0) is 24.7 Å². The fourth-order valence-electron chi connectivity index (χ4n) is 1.49. The van der Waals surface area contributed by atoms with E-state index in [-0.39, 0.29) is 5.91 Å². The van der Waals surface area contributed by atoms with Gasteiger partial charge in [0, 0.05) is 30.8 Å². The van der Waals surface area contributed by atoms with Crippen molar-refractivity contribution in [3.05, 3.63) is 28.2 Å². The zero-order valence-electron chi connectivity index (χ0n) is 10.4. The number of halogens is 1. The van der Waals surface area contributed by atoms with Crippen LogP contribution in [-0.2, 0) is 11.3 Å². The quantitative estimate of drug-likeness (QED) is 0.863. The van der Waals surface area contributed by atoms with Crippen molar-refractivity contribution in [1.82, 2.24) is 10.6 Å². The van der Waals surface area contributed by atoms with Crippen LogP contribution >= 0.6 is 15.9 Å². The predicted octanol–water partition coefficient (Wildman–Crippen LogP) is 1.35. The normalized spacial score (nSPS) is 10.1. The van der Waals surface area contributed by atoms with Crippen LogP contribution < -0.4 is 15.5 Å². The Balaban J connectivity index is 2.78. The van der Waals surface area contributed by atoms with Crippen molar-refractivity contribution >= 4 is 27.5 Å². The Labute approximate surface area is 111 Å². The lowest BCUT2D eigenvalue weighted by Crippen LogP contribution is -2.32. The molecule has 0 spiro atoms. The number of carbonyl (C=O) groups is 1. The van der Waals surface area contributed by atoms with Crippen molar-refractivity contribution in [1.29, 1.82) is 0 Å². The summed E-state index contributed by atoms with van der Waals surface area (Å²) in [7, 11) is 5.45. The lowest BCUT2D eigenvalue weighted by molar-refractivity contribution is -0.119. The molecule has 94 valence electrons. The first-order valence-electron chi connectivity index (χ1n) is 5.43. The van der Waals surface area contributed by atoms with E-state index in [1.54, 1.807) is 7.05 Å².